The van der Waals surface area contributed by atoms with Crippen LogP contribution >= 0.6 is 0 Å². The molecular weight excluding hydrogens is 369 g/mol. The highest BCUT2D eigenvalue weighted by Gasteiger charge is 2.22. The Kier molecular flexibility index (Phi) is 5.71. The molecule has 0 unspecified atom stereocenters. The Hall–Kier alpha value is -3.00. The Morgan fingerprint density at radius 1 is 1.24 bits per heavy atom. The van der Waals surface area contributed by atoms with Crippen LogP contribution in [0.4, 0.5) is 4.39 Å². The summed E-state index contributed by atoms with van der Waals surface area (Å²) in [5, 5.41) is 22.2. The second-order valence-corrected chi connectivity index (χ2v) is 7.76. The van der Waals surface area contributed by atoms with Crippen LogP contribution in [0.1, 0.15) is 37.1 Å². The second kappa shape index (κ2) is 8.57. The molecule has 0 bridgehead atoms. The lowest BCUT2D eigenvalue weighted by atomic mass is 9.90. The van der Waals surface area contributed by atoms with Gasteiger partial charge in [0.25, 0.3) is 0 Å². The summed E-state index contributed by atoms with van der Waals surface area (Å²) in [7, 11) is 0. The molecule has 0 spiro atoms. The number of aromatic amines is 1. The zero-order valence-corrected chi connectivity index (χ0v) is 16.6. The number of hydrogen-bond acceptors (Lipinski definition) is 6. The third-order valence-electron chi connectivity index (χ3n) is 5.02. The van der Waals surface area contributed by atoms with Crippen molar-refractivity contribution in [2.75, 3.05) is 13.1 Å². The maximum Gasteiger partial charge on any atom is 0.208 e. The minimum absolute atomic E-state index is 0.288. The van der Waals surface area contributed by atoms with Crippen molar-refractivity contribution < 1.29 is 4.39 Å². The number of nitrogens with zero attached hydrogens (tertiary/aromatic N) is 6. The number of tetrazole rings is 1. The number of halogens is 1. The molecule has 7 nitrogen and oxygen atoms in total. The molecule has 3 aromatic rings. The van der Waals surface area contributed by atoms with Crippen molar-refractivity contribution in [1.82, 2.24) is 35.7 Å². The topological polar surface area (TPSA) is 83.5 Å². The van der Waals surface area contributed by atoms with Gasteiger partial charge in [-0.1, -0.05) is 26.0 Å². The van der Waals surface area contributed by atoms with Crippen LogP contribution in [0, 0.1) is 11.7 Å². The van der Waals surface area contributed by atoms with E-state index in [4.69, 9.17) is 0 Å². The van der Waals surface area contributed by atoms with Gasteiger partial charge < -0.3 is 0 Å². The number of H-pyrrole nitrogens is 1. The molecule has 0 fully saturated rings. The van der Waals surface area contributed by atoms with E-state index in [9.17, 15) is 0 Å². The van der Waals surface area contributed by atoms with Crippen LogP contribution in [0.3, 0.4) is 0 Å². The molecule has 1 aliphatic rings. The highest BCUT2D eigenvalue weighted by molar-refractivity contribution is 5.80. The zero-order valence-electron chi connectivity index (χ0n) is 16.6. The van der Waals surface area contributed by atoms with Gasteiger partial charge >= 0.3 is 0 Å². The third-order valence-corrected chi connectivity index (χ3v) is 5.02. The van der Waals surface area contributed by atoms with Gasteiger partial charge in [-0.3, -0.25) is 4.90 Å². The molecule has 1 aromatic carbocycles. The van der Waals surface area contributed by atoms with Crippen LogP contribution in [0.15, 0.2) is 36.5 Å². The van der Waals surface area contributed by atoms with Gasteiger partial charge in [0.05, 0.1) is 11.3 Å². The molecule has 0 radical (unpaired) electrons. The summed E-state index contributed by atoms with van der Waals surface area (Å²) in [5.74, 6) is 0.431. The van der Waals surface area contributed by atoms with Crippen LogP contribution in [0.5, 0.6) is 0 Å². The number of nitrogens with one attached hydrogen (secondary N) is 1. The van der Waals surface area contributed by atoms with E-state index in [0.717, 1.165) is 54.9 Å². The van der Waals surface area contributed by atoms with Gasteiger partial charge in [0, 0.05) is 25.8 Å². The SMILES string of the molecule is CC(C)Cc1cc(F)c(-c2nn[nH]n2)c(C2=CCN(Cc3cccnn3)CC2)c1. The van der Waals surface area contributed by atoms with Gasteiger partial charge in [-0.05, 0) is 58.9 Å². The predicted molar refractivity (Wildman–Crippen MR) is 108 cm³/mol. The van der Waals surface area contributed by atoms with Crippen LogP contribution in [0.25, 0.3) is 17.0 Å². The lowest BCUT2D eigenvalue weighted by Gasteiger charge is -2.27. The van der Waals surface area contributed by atoms with Crippen LogP contribution in [-0.4, -0.2) is 48.8 Å². The van der Waals surface area contributed by atoms with Crippen molar-refractivity contribution in [2.24, 2.45) is 5.92 Å². The number of aromatic nitrogens is 6. The summed E-state index contributed by atoms with van der Waals surface area (Å²) in [4.78, 5) is 2.30. The van der Waals surface area contributed by atoms with Crippen molar-refractivity contribution in [3.8, 4) is 11.4 Å². The first-order chi connectivity index (χ1) is 14.1. The zero-order chi connectivity index (χ0) is 20.2. The minimum atomic E-state index is -0.303. The Morgan fingerprint density at radius 2 is 2.14 bits per heavy atom. The Bertz CT molecular complexity index is 984. The molecule has 4 rings (SSSR count). The molecule has 2 aromatic heterocycles. The van der Waals surface area contributed by atoms with E-state index in [2.05, 4.69) is 61.7 Å². The lowest BCUT2D eigenvalue weighted by molar-refractivity contribution is 0.289. The molecule has 8 heteroatoms. The second-order valence-electron chi connectivity index (χ2n) is 7.76. The highest BCUT2D eigenvalue weighted by Crippen LogP contribution is 2.34. The number of benzene rings is 1. The van der Waals surface area contributed by atoms with Gasteiger partial charge in [-0.2, -0.15) is 15.4 Å². The first kappa shape index (κ1) is 19.3. The van der Waals surface area contributed by atoms with E-state index in [1.165, 1.54) is 0 Å². The van der Waals surface area contributed by atoms with Crippen LogP contribution < -0.4 is 0 Å². The molecule has 29 heavy (non-hydrogen) atoms. The van der Waals surface area contributed by atoms with Crippen LogP contribution in [0.2, 0.25) is 0 Å². The Balaban J connectivity index is 1.63. The van der Waals surface area contributed by atoms with Crippen molar-refractivity contribution in [3.63, 3.8) is 0 Å². The van der Waals surface area contributed by atoms with Gasteiger partial charge in [-0.15, -0.1) is 10.2 Å². The Labute approximate surface area is 169 Å². The van der Waals surface area contributed by atoms with Gasteiger partial charge in [-0.25, -0.2) is 4.39 Å². The van der Waals surface area contributed by atoms with Gasteiger partial charge in [0.2, 0.25) is 5.82 Å². The van der Waals surface area contributed by atoms with Crippen LogP contribution in [-0.2, 0) is 13.0 Å². The number of rotatable bonds is 6. The quantitative estimate of drug-likeness (QED) is 0.692. The summed E-state index contributed by atoms with van der Waals surface area (Å²) >= 11 is 0. The molecule has 0 amide bonds. The fraction of sp³-hybridized carbons (Fsp3) is 0.381. The molecule has 3 heterocycles. The first-order valence-electron chi connectivity index (χ1n) is 9.84. The molecular formula is C21H24FN7. The normalized spacial score (nSPS) is 15.0. The predicted octanol–water partition coefficient (Wildman–Crippen LogP) is 3.28. The lowest BCUT2D eigenvalue weighted by Crippen LogP contribution is -2.28. The van der Waals surface area contributed by atoms with Gasteiger partial charge in [0.15, 0.2) is 0 Å². The average Bonchev–Trinajstić information content (AvgIpc) is 3.23. The fourth-order valence-electron chi connectivity index (χ4n) is 3.75. The monoisotopic (exact) mass is 393 g/mol. The van der Waals surface area contributed by atoms with E-state index < -0.39 is 0 Å². The fourth-order valence-corrected chi connectivity index (χ4v) is 3.75. The smallest absolute Gasteiger partial charge is 0.208 e. The highest BCUT2D eigenvalue weighted by atomic mass is 19.1. The van der Waals surface area contributed by atoms with Crippen molar-refractivity contribution >= 4 is 5.57 Å². The average molecular weight is 393 g/mol. The van der Waals surface area contributed by atoms with Gasteiger partial charge in [0.1, 0.15) is 5.82 Å². The van der Waals surface area contributed by atoms with Crippen molar-refractivity contribution in [3.05, 3.63) is 59.2 Å². The summed E-state index contributed by atoms with van der Waals surface area (Å²) in [6, 6.07) is 7.55. The van der Waals surface area contributed by atoms with E-state index in [0.29, 0.717) is 11.5 Å². The first-order valence-corrected chi connectivity index (χ1v) is 9.84. The molecule has 150 valence electrons. The maximum atomic E-state index is 15.1. The summed E-state index contributed by atoms with van der Waals surface area (Å²) < 4.78 is 15.1. The summed E-state index contributed by atoms with van der Waals surface area (Å²) in [5.41, 5.74) is 4.33. The van der Waals surface area contributed by atoms with Crippen molar-refractivity contribution in [1.29, 1.82) is 0 Å². The third kappa shape index (κ3) is 4.54. The van der Waals surface area contributed by atoms with Crippen molar-refractivity contribution in [2.45, 2.75) is 33.2 Å². The Morgan fingerprint density at radius 3 is 2.79 bits per heavy atom. The van der Waals surface area contributed by atoms with E-state index in [1.54, 1.807) is 12.3 Å². The molecule has 0 atom stereocenters. The molecule has 1 N–H and O–H groups in total. The summed E-state index contributed by atoms with van der Waals surface area (Å²) in [6.45, 7) is 6.65. The van der Waals surface area contributed by atoms with E-state index in [1.807, 2.05) is 12.1 Å². The van der Waals surface area contributed by atoms with E-state index in [-0.39, 0.29) is 11.6 Å². The number of hydrogen-bond donors (Lipinski definition) is 1. The standard InChI is InChI=1S/C21H24FN7/c1-14(2)10-15-11-18(20(19(22)12-15)21-25-27-28-26-21)16-5-8-29(9-6-16)13-17-4-3-7-23-24-17/h3-5,7,11-12,14H,6,8-10,13H2,1-2H3,(H,25,26,27,28). The molecule has 0 saturated carbocycles. The molecule has 0 saturated heterocycles. The maximum absolute atomic E-state index is 15.1. The molecule has 1 aliphatic heterocycles. The summed E-state index contributed by atoms with van der Waals surface area (Å²) in [6.07, 6.45) is 5.48. The van der Waals surface area contributed by atoms with E-state index >= 15 is 4.39 Å². The molecule has 0 aliphatic carbocycles. The minimum Gasteiger partial charge on any atom is -0.293 e. The largest absolute Gasteiger partial charge is 0.293 e.